The number of hydrogen-bond acceptors (Lipinski definition) is 3. The molecule has 0 amide bonds. The Balaban J connectivity index is 2.02. The molecule has 0 radical (unpaired) electrons. The lowest BCUT2D eigenvalue weighted by Gasteiger charge is -2.26. The minimum atomic E-state index is -3.44. The summed E-state index contributed by atoms with van der Waals surface area (Å²) in [4.78, 5) is 0. The Bertz CT molecular complexity index is 452. The van der Waals surface area contributed by atoms with Gasteiger partial charge >= 0.3 is 0 Å². The van der Waals surface area contributed by atoms with Crippen LogP contribution in [0.25, 0.3) is 0 Å². The highest BCUT2D eigenvalue weighted by Gasteiger charge is 2.34. The van der Waals surface area contributed by atoms with Crippen LogP contribution in [0.4, 0.5) is 0 Å². The van der Waals surface area contributed by atoms with Crippen molar-refractivity contribution >= 4 is 26.0 Å². The van der Waals surface area contributed by atoms with Gasteiger partial charge in [0.25, 0.3) is 10.0 Å². The van der Waals surface area contributed by atoms with Crippen LogP contribution in [0.3, 0.4) is 0 Å². The van der Waals surface area contributed by atoms with Crippen LogP contribution in [-0.4, -0.2) is 30.5 Å². The smallest absolute Gasteiger partial charge is 0.257 e. The quantitative estimate of drug-likeness (QED) is 0.810. The zero-order chi connectivity index (χ0) is 12.4. The minimum Gasteiger partial charge on any atom is -0.266 e. The van der Waals surface area contributed by atoms with E-state index in [1.165, 1.54) is 25.1 Å². The van der Waals surface area contributed by atoms with Crippen LogP contribution in [0.5, 0.6) is 0 Å². The Kier molecular flexibility index (Phi) is 3.89. The van der Waals surface area contributed by atoms with E-state index >= 15 is 0 Å². The number of hydrogen-bond donors (Lipinski definition) is 2. The molecule has 2 N–H and O–H groups in total. The summed E-state index contributed by atoms with van der Waals surface area (Å²) in [6, 6.07) is 1.46. The van der Waals surface area contributed by atoms with Crippen molar-refractivity contribution in [3.05, 3.63) is 12.3 Å². The Hall–Kier alpha value is -0.400. The summed E-state index contributed by atoms with van der Waals surface area (Å²) in [5, 5.41) is 7.09. The van der Waals surface area contributed by atoms with Gasteiger partial charge in [0, 0.05) is 11.9 Å². The van der Waals surface area contributed by atoms with Gasteiger partial charge in [-0.3, -0.25) is 5.10 Å². The molecule has 5 nitrogen and oxygen atoms in total. The Morgan fingerprint density at radius 1 is 1.47 bits per heavy atom. The molecule has 0 aromatic carbocycles. The fourth-order valence-electron chi connectivity index (χ4n) is 2.20. The van der Waals surface area contributed by atoms with E-state index in [1.807, 2.05) is 0 Å². The Labute approximate surface area is 110 Å². The normalized spacial score (nSPS) is 19.6. The van der Waals surface area contributed by atoms with Crippen LogP contribution in [0, 0.1) is 5.41 Å². The number of aromatic amines is 1. The van der Waals surface area contributed by atoms with Crippen molar-refractivity contribution < 1.29 is 8.42 Å². The highest BCUT2D eigenvalue weighted by molar-refractivity contribution is 9.09. The van der Waals surface area contributed by atoms with Gasteiger partial charge in [-0.15, -0.1) is 0 Å². The first-order valence-corrected chi connectivity index (χ1v) is 8.24. The topological polar surface area (TPSA) is 74.8 Å². The molecule has 1 aliphatic rings. The molecule has 1 fully saturated rings. The van der Waals surface area contributed by atoms with Crippen LogP contribution >= 0.6 is 15.9 Å². The number of halogens is 1. The van der Waals surface area contributed by atoms with Crippen molar-refractivity contribution in [2.45, 2.75) is 30.7 Å². The van der Waals surface area contributed by atoms with Gasteiger partial charge in [-0.25, -0.2) is 13.1 Å². The lowest BCUT2D eigenvalue weighted by molar-refractivity contribution is 0.347. The molecule has 1 aliphatic carbocycles. The zero-order valence-electron chi connectivity index (χ0n) is 9.45. The number of alkyl halides is 1. The van der Waals surface area contributed by atoms with Crippen LogP contribution < -0.4 is 4.72 Å². The van der Waals surface area contributed by atoms with E-state index in [4.69, 9.17) is 0 Å². The first kappa shape index (κ1) is 13.0. The fraction of sp³-hybridized carbons (Fsp3) is 0.700. The molecule has 1 heterocycles. The van der Waals surface area contributed by atoms with Crippen molar-refractivity contribution in [2.24, 2.45) is 5.41 Å². The molecule has 1 aromatic heterocycles. The Morgan fingerprint density at radius 3 is 2.71 bits per heavy atom. The zero-order valence-corrected chi connectivity index (χ0v) is 11.8. The van der Waals surface area contributed by atoms with E-state index in [-0.39, 0.29) is 10.4 Å². The lowest BCUT2D eigenvalue weighted by atomic mass is 9.89. The third-order valence-corrected chi connectivity index (χ3v) is 5.87. The second kappa shape index (κ2) is 5.07. The molecule has 1 saturated carbocycles. The second-order valence-corrected chi connectivity index (χ2v) is 6.88. The Morgan fingerprint density at radius 2 is 2.18 bits per heavy atom. The van der Waals surface area contributed by atoms with E-state index in [1.54, 1.807) is 0 Å². The van der Waals surface area contributed by atoms with Gasteiger partial charge in [0.15, 0.2) is 5.03 Å². The van der Waals surface area contributed by atoms with Crippen molar-refractivity contribution in [3.8, 4) is 0 Å². The van der Waals surface area contributed by atoms with Crippen LogP contribution in [0.1, 0.15) is 25.7 Å². The average Bonchev–Trinajstić information content (AvgIpc) is 2.99. The summed E-state index contributed by atoms with van der Waals surface area (Å²) >= 11 is 3.49. The number of nitrogens with one attached hydrogen (secondary N) is 2. The largest absolute Gasteiger partial charge is 0.266 e. The molecular weight excluding hydrogens is 306 g/mol. The summed E-state index contributed by atoms with van der Waals surface area (Å²) in [6.07, 6.45) is 5.94. The van der Waals surface area contributed by atoms with Gasteiger partial charge in [0.05, 0.1) is 6.20 Å². The number of aromatic nitrogens is 2. The third kappa shape index (κ3) is 2.89. The van der Waals surface area contributed by atoms with E-state index in [0.717, 1.165) is 18.2 Å². The fourth-order valence-corrected chi connectivity index (χ4v) is 4.02. The minimum absolute atomic E-state index is 0.0765. The monoisotopic (exact) mass is 321 g/mol. The molecule has 7 heteroatoms. The molecule has 0 aliphatic heterocycles. The SMILES string of the molecule is O=S(=O)(NCC1(CBr)CCCC1)c1ccn[nH]1. The molecule has 0 unspecified atom stereocenters. The molecule has 0 bridgehead atoms. The maximum atomic E-state index is 11.9. The van der Waals surface area contributed by atoms with Crippen molar-refractivity contribution in [3.63, 3.8) is 0 Å². The first-order chi connectivity index (χ1) is 8.08. The molecule has 2 rings (SSSR count). The standard InChI is InChI=1S/C10H16BrN3O2S/c11-7-10(4-1-2-5-10)8-13-17(15,16)9-3-6-12-14-9/h3,6,13H,1-2,4-5,7-8H2,(H,12,14). The molecule has 17 heavy (non-hydrogen) atoms. The van der Waals surface area contributed by atoms with Crippen molar-refractivity contribution in [1.29, 1.82) is 0 Å². The summed E-state index contributed by atoms with van der Waals surface area (Å²) in [6.45, 7) is 0.486. The van der Waals surface area contributed by atoms with Gasteiger partial charge in [-0.05, 0) is 24.3 Å². The molecule has 96 valence electrons. The summed E-state index contributed by atoms with van der Waals surface area (Å²) in [5.74, 6) is 0. The molecule has 0 atom stereocenters. The predicted octanol–water partition coefficient (Wildman–Crippen LogP) is 1.64. The maximum absolute atomic E-state index is 11.9. The number of rotatable bonds is 5. The highest BCUT2D eigenvalue weighted by atomic mass is 79.9. The van der Waals surface area contributed by atoms with Crippen LogP contribution in [-0.2, 0) is 10.0 Å². The number of sulfonamides is 1. The predicted molar refractivity (Wildman–Crippen MR) is 68.5 cm³/mol. The van der Waals surface area contributed by atoms with E-state index in [0.29, 0.717) is 6.54 Å². The highest BCUT2D eigenvalue weighted by Crippen LogP contribution is 2.39. The first-order valence-electron chi connectivity index (χ1n) is 5.63. The number of H-pyrrole nitrogens is 1. The molecule has 1 aromatic rings. The van der Waals surface area contributed by atoms with Gasteiger partial charge in [0.2, 0.25) is 0 Å². The van der Waals surface area contributed by atoms with Gasteiger partial charge in [-0.1, -0.05) is 28.8 Å². The van der Waals surface area contributed by atoms with Crippen molar-refractivity contribution in [1.82, 2.24) is 14.9 Å². The maximum Gasteiger partial charge on any atom is 0.257 e. The third-order valence-electron chi connectivity index (χ3n) is 3.35. The van der Waals surface area contributed by atoms with Crippen LogP contribution in [0.15, 0.2) is 17.3 Å². The van der Waals surface area contributed by atoms with Crippen molar-refractivity contribution in [2.75, 3.05) is 11.9 Å². The summed E-state index contributed by atoms with van der Waals surface area (Å²) in [5.41, 5.74) is 0.0765. The van der Waals surface area contributed by atoms with Crippen LogP contribution in [0.2, 0.25) is 0 Å². The van der Waals surface area contributed by atoms with Gasteiger partial charge < -0.3 is 0 Å². The van der Waals surface area contributed by atoms with E-state index in [2.05, 4.69) is 30.8 Å². The van der Waals surface area contributed by atoms with Gasteiger partial charge in [-0.2, -0.15) is 5.10 Å². The molecule has 0 spiro atoms. The van der Waals surface area contributed by atoms with E-state index in [9.17, 15) is 8.42 Å². The molecule has 0 saturated heterocycles. The second-order valence-electron chi connectivity index (χ2n) is 4.59. The van der Waals surface area contributed by atoms with Gasteiger partial charge in [0.1, 0.15) is 0 Å². The molecular formula is C10H16BrN3O2S. The summed E-state index contributed by atoms with van der Waals surface area (Å²) < 4.78 is 26.5. The van der Waals surface area contributed by atoms with E-state index < -0.39 is 10.0 Å². The summed E-state index contributed by atoms with van der Waals surface area (Å²) in [7, 11) is -3.44. The average molecular weight is 322 g/mol. The number of nitrogens with zero attached hydrogens (tertiary/aromatic N) is 1. The lowest BCUT2D eigenvalue weighted by Crippen LogP contribution is -2.37.